The van der Waals surface area contributed by atoms with Crippen LogP contribution >= 0.6 is 11.6 Å². The van der Waals surface area contributed by atoms with Crippen molar-refractivity contribution in [2.24, 2.45) is 0 Å². The van der Waals surface area contributed by atoms with Gasteiger partial charge in [-0.05, 0) is 43.2 Å². The number of para-hydroxylation sites is 1. The van der Waals surface area contributed by atoms with E-state index in [1.54, 1.807) is 12.1 Å². The van der Waals surface area contributed by atoms with Gasteiger partial charge in [-0.25, -0.2) is 4.39 Å². The highest BCUT2D eigenvalue weighted by atomic mass is 35.5. The molecule has 0 amide bonds. The van der Waals surface area contributed by atoms with Crippen molar-refractivity contribution < 1.29 is 4.39 Å². The van der Waals surface area contributed by atoms with Gasteiger partial charge in [-0.2, -0.15) is 0 Å². The number of hydrogen-bond acceptors (Lipinski definition) is 1. The van der Waals surface area contributed by atoms with E-state index in [2.05, 4.69) is 5.32 Å². The predicted molar refractivity (Wildman–Crippen MR) is 70.6 cm³/mol. The van der Waals surface area contributed by atoms with Gasteiger partial charge >= 0.3 is 0 Å². The summed E-state index contributed by atoms with van der Waals surface area (Å²) >= 11 is 5.74. The van der Waals surface area contributed by atoms with Gasteiger partial charge in [-0.1, -0.05) is 29.8 Å². The molecule has 0 bridgehead atoms. The van der Waals surface area contributed by atoms with Crippen LogP contribution in [-0.4, -0.2) is 0 Å². The number of nitrogens with one attached hydrogen (secondary N) is 1. The van der Waals surface area contributed by atoms with Crippen LogP contribution in [0.15, 0.2) is 36.4 Å². The molecule has 0 aliphatic rings. The minimum absolute atomic E-state index is 0.126. The van der Waals surface area contributed by atoms with Crippen molar-refractivity contribution in [1.82, 2.24) is 0 Å². The summed E-state index contributed by atoms with van der Waals surface area (Å²) in [7, 11) is 0. The summed E-state index contributed by atoms with van der Waals surface area (Å²) in [4.78, 5) is 0. The van der Waals surface area contributed by atoms with Crippen molar-refractivity contribution in [3.63, 3.8) is 0 Å². The lowest BCUT2D eigenvalue weighted by Gasteiger charge is -2.12. The molecule has 17 heavy (non-hydrogen) atoms. The van der Waals surface area contributed by atoms with Gasteiger partial charge < -0.3 is 5.32 Å². The Morgan fingerprint density at radius 3 is 2.29 bits per heavy atom. The highest BCUT2D eigenvalue weighted by Crippen LogP contribution is 2.26. The van der Waals surface area contributed by atoms with Crippen LogP contribution in [0.4, 0.5) is 15.8 Å². The second-order valence-electron chi connectivity index (χ2n) is 4.02. The van der Waals surface area contributed by atoms with Crippen LogP contribution < -0.4 is 5.32 Å². The molecular weight excluding hydrogens is 237 g/mol. The Kier molecular flexibility index (Phi) is 3.34. The van der Waals surface area contributed by atoms with Crippen LogP contribution in [0.3, 0.4) is 0 Å². The van der Waals surface area contributed by atoms with Gasteiger partial charge in [0.25, 0.3) is 0 Å². The zero-order chi connectivity index (χ0) is 12.4. The Morgan fingerprint density at radius 1 is 1.06 bits per heavy atom. The number of halogens is 2. The van der Waals surface area contributed by atoms with Gasteiger partial charge in [0, 0.05) is 11.4 Å². The Labute approximate surface area is 105 Å². The quantitative estimate of drug-likeness (QED) is 0.803. The van der Waals surface area contributed by atoms with E-state index in [1.807, 2.05) is 32.0 Å². The second-order valence-corrected chi connectivity index (χ2v) is 4.43. The summed E-state index contributed by atoms with van der Waals surface area (Å²) < 4.78 is 13.0. The normalized spacial score (nSPS) is 10.4. The number of benzene rings is 2. The topological polar surface area (TPSA) is 12.0 Å². The summed E-state index contributed by atoms with van der Waals surface area (Å²) in [5.41, 5.74) is 4.11. The van der Waals surface area contributed by atoms with E-state index in [1.165, 1.54) is 6.07 Å². The molecule has 0 atom stereocenters. The third-order valence-corrected chi connectivity index (χ3v) is 2.96. The first-order valence-electron chi connectivity index (χ1n) is 5.36. The zero-order valence-electron chi connectivity index (χ0n) is 9.72. The maximum absolute atomic E-state index is 13.0. The molecule has 0 radical (unpaired) electrons. The van der Waals surface area contributed by atoms with Crippen LogP contribution in [0.5, 0.6) is 0 Å². The van der Waals surface area contributed by atoms with Crippen LogP contribution in [0, 0.1) is 19.7 Å². The molecule has 88 valence electrons. The van der Waals surface area contributed by atoms with Gasteiger partial charge in [0.2, 0.25) is 0 Å². The molecule has 0 saturated carbocycles. The third-order valence-electron chi connectivity index (χ3n) is 2.67. The number of rotatable bonds is 2. The molecule has 0 fully saturated rings. The number of aryl methyl sites for hydroxylation is 2. The Morgan fingerprint density at radius 2 is 1.71 bits per heavy atom. The lowest BCUT2D eigenvalue weighted by Crippen LogP contribution is -1.96. The minimum Gasteiger partial charge on any atom is -0.355 e. The minimum atomic E-state index is -0.404. The van der Waals surface area contributed by atoms with Crippen molar-refractivity contribution >= 4 is 23.0 Å². The van der Waals surface area contributed by atoms with Gasteiger partial charge in [0.15, 0.2) is 0 Å². The summed E-state index contributed by atoms with van der Waals surface area (Å²) in [6.45, 7) is 4.06. The van der Waals surface area contributed by atoms with Crippen LogP contribution in [-0.2, 0) is 0 Å². The summed E-state index contributed by atoms with van der Waals surface area (Å²) in [5, 5.41) is 3.38. The van der Waals surface area contributed by atoms with Gasteiger partial charge in [0.05, 0.1) is 5.02 Å². The van der Waals surface area contributed by atoms with Gasteiger partial charge in [0.1, 0.15) is 5.82 Å². The highest BCUT2D eigenvalue weighted by molar-refractivity contribution is 6.31. The molecule has 1 N–H and O–H groups in total. The largest absolute Gasteiger partial charge is 0.355 e. The van der Waals surface area contributed by atoms with Crippen LogP contribution in [0.1, 0.15) is 11.1 Å². The SMILES string of the molecule is Cc1cccc(C)c1Nc1ccc(F)c(Cl)c1. The standard InChI is InChI=1S/C14H13ClFN/c1-9-4-3-5-10(2)14(9)17-11-6-7-13(16)12(15)8-11/h3-8,17H,1-2H3. The van der Waals surface area contributed by atoms with E-state index in [4.69, 9.17) is 11.6 Å². The molecule has 2 rings (SSSR count). The first-order chi connectivity index (χ1) is 8.08. The summed E-state index contributed by atoms with van der Waals surface area (Å²) in [6.07, 6.45) is 0. The Hall–Kier alpha value is -1.54. The maximum Gasteiger partial charge on any atom is 0.141 e. The molecule has 0 aliphatic carbocycles. The molecule has 0 heterocycles. The van der Waals surface area contributed by atoms with E-state index < -0.39 is 5.82 Å². The molecule has 0 saturated heterocycles. The van der Waals surface area contributed by atoms with E-state index in [-0.39, 0.29) is 5.02 Å². The fourth-order valence-corrected chi connectivity index (χ4v) is 1.91. The first kappa shape index (κ1) is 11.9. The van der Waals surface area contributed by atoms with Gasteiger partial charge in [-0.15, -0.1) is 0 Å². The summed E-state index contributed by atoms with van der Waals surface area (Å²) in [6, 6.07) is 10.7. The van der Waals surface area contributed by atoms with Crippen molar-refractivity contribution in [1.29, 1.82) is 0 Å². The van der Waals surface area contributed by atoms with E-state index in [0.717, 1.165) is 22.5 Å². The van der Waals surface area contributed by atoms with Crippen molar-refractivity contribution in [2.75, 3.05) is 5.32 Å². The van der Waals surface area contributed by atoms with Crippen LogP contribution in [0.2, 0.25) is 5.02 Å². The smallest absolute Gasteiger partial charge is 0.141 e. The zero-order valence-corrected chi connectivity index (χ0v) is 10.5. The molecule has 0 aromatic heterocycles. The molecule has 0 aliphatic heterocycles. The molecule has 2 aromatic rings. The van der Waals surface area contributed by atoms with Crippen molar-refractivity contribution in [2.45, 2.75) is 13.8 Å². The molecule has 0 unspecified atom stereocenters. The number of anilines is 2. The lowest BCUT2D eigenvalue weighted by molar-refractivity contribution is 0.628. The average Bonchev–Trinajstić information content (AvgIpc) is 2.28. The van der Waals surface area contributed by atoms with E-state index in [9.17, 15) is 4.39 Å². The second kappa shape index (κ2) is 4.76. The average molecular weight is 250 g/mol. The molecule has 2 aromatic carbocycles. The third kappa shape index (κ3) is 2.59. The van der Waals surface area contributed by atoms with Crippen molar-refractivity contribution in [3.8, 4) is 0 Å². The molecule has 1 nitrogen and oxygen atoms in total. The first-order valence-corrected chi connectivity index (χ1v) is 5.74. The number of hydrogen-bond donors (Lipinski definition) is 1. The summed E-state index contributed by atoms with van der Waals surface area (Å²) in [5.74, 6) is -0.404. The highest BCUT2D eigenvalue weighted by Gasteiger charge is 2.04. The Balaban J connectivity index is 2.35. The van der Waals surface area contributed by atoms with Crippen molar-refractivity contribution in [3.05, 3.63) is 58.4 Å². The van der Waals surface area contributed by atoms with E-state index in [0.29, 0.717) is 0 Å². The predicted octanol–water partition coefficient (Wildman–Crippen LogP) is 4.84. The fourth-order valence-electron chi connectivity index (χ4n) is 1.73. The molecule has 0 spiro atoms. The van der Waals surface area contributed by atoms with E-state index >= 15 is 0 Å². The monoisotopic (exact) mass is 249 g/mol. The van der Waals surface area contributed by atoms with Gasteiger partial charge in [-0.3, -0.25) is 0 Å². The fraction of sp³-hybridized carbons (Fsp3) is 0.143. The van der Waals surface area contributed by atoms with Crippen LogP contribution in [0.25, 0.3) is 0 Å². The lowest BCUT2D eigenvalue weighted by atomic mass is 10.1. The Bertz CT molecular complexity index is 532. The maximum atomic E-state index is 13.0. The molecule has 3 heteroatoms. The molecular formula is C14H13ClFN.